The molecule has 0 saturated carbocycles. The number of fused-ring (bicyclic) bond motifs is 1. The Hall–Kier alpha value is -1.95. The monoisotopic (exact) mass is 333 g/mol. The van der Waals surface area contributed by atoms with Crippen LogP contribution in [0.2, 0.25) is 0 Å². The molecular weight excluding hydrogens is 306 g/mol. The number of benzene rings is 1. The van der Waals surface area contributed by atoms with Crippen molar-refractivity contribution in [1.82, 2.24) is 15.1 Å². The van der Waals surface area contributed by atoms with Crippen LogP contribution in [0, 0.1) is 0 Å². The summed E-state index contributed by atoms with van der Waals surface area (Å²) in [5.41, 5.74) is 1.02. The van der Waals surface area contributed by atoms with Crippen LogP contribution in [0.3, 0.4) is 0 Å². The summed E-state index contributed by atoms with van der Waals surface area (Å²) < 4.78 is 10.7. The highest BCUT2D eigenvalue weighted by Crippen LogP contribution is 2.32. The van der Waals surface area contributed by atoms with E-state index in [0.717, 1.165) is 49.8 Å². The summed E-state index contributed by atoms with van der Waals surface area (Å²) in [6.07, 6.45) is 3.80. The number of carbonyl (C=O) groups is 1. The van der Waals surface area contributed by atoms with E-state index in [0.29, 0.717) is 6.54 Å². The molecule has 1 N–H and O–H groups in total. The van der Waals surface area contributed by atoms with Crippen molar-refractivity contribution in [2.75, 3.05) is 39.5 Å². The Bertz CT molecular complexity index is 556. The molecule has 0 aliphatic carbocycles. The van der Waals surface area contributed by atoms with Gasteiger partial charge < -0.3 is 19.7 Å². The normalized spacial score (nSPS) is 17.1. The van der Waals surface area contributed by atoms with Crippen molar-refractivity contribution < 1.29 is 14.3 Å². The SMILES string of the molecule is CCCCCN1CCN(C(=O)NCc2ccc3c(c2)OCO3)CC1. The fraction of sp³-hybridized carbons (Fsp3) is 0.611. The number of unbranched alkanes of at least 4 members (excludes halogenated alkanes) is 2. The summed E-state index contributed by atoms with van der Waals surface area (Å²) in [5.74, 6) is 1.52. The van der Waals surface area contributed by atoms with Crippen LogP contribution in [0.1, 0.15) is 31.7 Å². The lowest BCUT2D eigenvalue weighted by Crippen LogP contribution is -2.51. The second-order valence-electron chi connectivity index (χ2n) is 6.38. The topological polar surface area (TPSA) is 54.0 Å². The zero-order valence-electron chi connectivity index (χ0n) is 14.4. The van der Waals surface area contributed by atoms with E-state index in [1.807, 2.05) is 23.1 Å². The number of piperazine rings is 1. The van der Waals surface area contributed by atoms with Crippen molar-refractivity contribution >= 4 is 6.03 Å². The van der Waals surface area contributed by atoms with E-state index in [1.165, 1.54) is 19.3 Å². The van der Waals surface area contributed by atoms with Gasteiger partial charge in [-0.05, 0) is 30.7 Å². The highest BCUT2D eigenvalue weighted by Gasteiger charge is 2.20. The molecule has 1 saturated heterocycles. The van der Waals surface area contributed by atoms with Crippen LogP contribution in [-0.2, 0) is 6.54 Å². The Morgan fingerprint density at radius 1 is 1.12 bits per heavy atom. The molecule has 0 spiro atoms. The fourth-order valence-corrected chi connectivity index (χ4v) is 3.10. The molecule has 3 rings (SSSR count). The Morgan fingerprint density at radius 3 is 2.71 bits per heavy atom. The maximum Gasteiger partial charge on any atom is 0.317 e. The van der Waals surface area contributed by atoms with E-state index in [4.69, 9.17) is 9.47 Å². The first kappa shape index (κ1) is 16.9. The van der Waals surface area contributed by atoms with Crippen LogP contribution in [0.15, 0.2) is 18.2 Å². The summed E-state index contributed by atoms with van der Waals surface area (Å²) in [7, 11) is 0. The van der Waals surface area contributed by atoms with Gasteiger partial charge in [0, 0.05) is 32.7 Å². The van der Waals surface area contributed by atoms with Crippen LogP contribution >= 0.6 is 0 Å². The first-order valence-electron chi connectivity index (χ1n) is 8.90. The standard InChI is InChI=1S/C18H27N3O3/c1-2-3-4-7-20-8-10-21(11-9-20)18(22)19-13-15-5-6-16-17(12-15)24-14-23-16/h5-6,12H,2-4,7-11,13-14H2,1H3,(H,19,22). The summed E-state index contributed by atoms with van der Waals surface area (Å²) in [6, 6.07) is 5.79. The van der Waals surface area contributed by atoms with Gasteiger partial charge in [-0.2, -0.15) is 0 Å². The molecule has 0 atom stereocenters. The molecule has 2 aliphatic heterocycles. The maximum absolute atomic E-state index is 12.3. The minimum atomic E-state index is 0.0147. The molecule has 132 valence electrons. The van der Waals surface area contributed by atoms with Gasteiger partial charge in [0.1, 0.15) is 0 Å². The third-order valence-electron chi connectivity index (χ3n) is 4.62. The highest BCUT2D eigenvalue weighted by atomic mass is 16.7. The van der Waals surface area contributed by atoms with Gasteiger partial charge in [-0.25, -0.2) is 4.79 Å². The zero-order chi connectivity index (χ0) is 16.8. The zero-order valence-corrected chi connectivity index (χ0v) is 14.4. The largest absolute Gasteiger partial charge is 0.454 e. The van der Waals surface area contributed by atoms with Crippen molar-refractivity contribution in [3.05, 3.63) is 23.8 Å². The lowest BCUT2D eigenvalue weighted by atomic mass is 10.2. The Labute approximate surface area is 143 Å². The number of rotatable bonds is 6. The number of urea groups is 1. The van der Waals surface area contributed by atoms with Crippen LogP contribution in [0.25, 0.3) is 0 Å². The summed E-state index contributed by atoms with van der Waals surface area (Å²) in [5, 5.41) is 3.00. The van der Waals surface area contributed by atoms with E-state index >= 15 is 0 Å². The van der Waals surface area contributed by atoms with Gasteiger partial charge >= 0.3 is 6.03 Å². The first-order chi connectivity index (χ1) is 11.8. The quantitative estimate of drug-likeness (QED) is 0.813. The minimum absolute atomic E-state index is 0.0147. The Morgan fingerprint density at radius 2 is 1.92 bits per heavy atom. The van der Waals surface area contributed by atoms with E-state index in [-0.39, 0.29) is 12.8 Å². The fourth-order valence-electron chi connectivity index (χ4n) is 3.10. The number of hydrogen-bond acceptors (Lipinski definition) is 4. The number of carbonyl (C=O) groups excluding carboxylic acids is 1. The minimum Gasteiger partial charge on any atom is -0.454 e. The molecule has 2 heterocycles. The van der Waals surface area contributed by atoms with Gasteiger partial charge in [-0.1, -0.05) is 25.8 Å². The van der Waals surface area contributed by atoms with Crippen LogP contribution < -0.4 is 14.8 Å². The van der Waals surface area contributed by atoms with Crippen LogP contribution in [0.5, 0.6) is 11.5 Å². The third-order valence-corrected chi connectivity index (χ3v) is 4.62. The van der Waals surface area contributed by atoms with Crippen molar-refractivity contribution in [3.63, 3.8) is 0 Å². The molecule has 6 heteroatoms. The summed E-state index contributed by atoms with van der Waals surface area (Å²) in [4.78, 5) is 16.7. The number of nitrogens with one attached hydrogen (secondary N) is 1. The molecule has 0 unspecified atom stereocenters. The lowest BCUT2D eigenvalue weighted by Gasteiger charge is -2.34. The second kappa shape index (κ2) is 8.24. The lowest BCUT2D eigenvalue weighted by molar-refractivity contribution is 0.138. The van der Waals surface area contributed by atoms with E-state index < -0.39 is 0 Å². The Balaban J connectivity index is 1.40. The average Bonchev–Trinajstić information content (AvgIpc) is 3.08. The number of amides is 2. The van der Waals surface area contributed by atoms with Gasteiger partial charge in [-0.3, -0.25) is 4.90 Å². The van der Waals surface area contributed by atoms with Crippen molar-refractivity contribution in [2.45, 2.75) is 32.7 Å². The molecular formula is C18H27N3O3. The predicted octanol–water partition coefficient (Wildman–Crippen LogP) is 2.43. The molecule has 1 aromatic rings. The summed E-state index contributed by atoms with van der Waals surface area (Å²) >= 11 is 0. The second-order valence-corrected chi connectivity index (χ2v) is 6.38. The molecule has 0 bridgehead atoms. The molecule has 0 aromatic heterocycles. The predicted molar refractivity (Wildman–Crippen MR) is 92.3 cm³/mol. The van der Waals surface area contributed by atoms with Gasteiger partial charge in [0.05, 0.1) is 0 Å². The van der Waals surface area contributed by atoms with Crippen molar-refractivity contribution in [3.8, 4) is 11.5 Å². The molecule has 2 amide bonds. The molecule has 24 heavy (non-hydrogen) atoms. The van der Waals surface area contributed by atoms with Crippen LogP contribution in [0.4, 0.5) is 4.79 Å². The molecule has 0 radical (unpaired) electrons. The van der Waals surface area contributed by atoms with E-state index in [2.05, 4.69) is 17.1 Å². The van der Waals surface area contributed by atoms with E-state index in [1.54, 1.807) is 0 Å². The van der Waals surface area contributed by atoms with E-state index in [9.17, 15) is 4.79 Å². The molecule has 2 aliphatic rings. The molecule has 1 fully saturated rings. The number of ether oxygens (including phenoxy) is 2. The number of nitrogens with zero attached hydrogens (tertiary/aromatic N) is 2. The number of hydrogen-bond donors (Lipinski definition) is 1. The molecule has 1 aromatic carbocycles. The van der Waals surface area contributed by atoms with Crippen molar-refractivity contribution in [1.29, 1.82) is 0 Å². The third kappa shape index (κ3) is 4.32. The van der Waals surface area contributed by atoms with Gasteiger partial charge in [-0.15, -0.1) is 0 Å². The molecule has 6 nitrogen and oxygen atoms in total. The van der Waals surface area contributed by atoms with Crippen molar-refractivity contribution in [2.24, 2.45) is 0 Å². The highest BCUT2D eigenvalue weighted by molar-refractivity contribution is 5.74. The average molecular weight is 333 g/mol. The van der Waals surface area contributed by atoms with Gasteiger partial charge in [0.25, 0.3) is 0 Å². The van der Waals surface area contributed by atoms with Crippen LogP contribution in [-0.4, -0.2) is 55.3 Å². The Kier molecular flexibility index (Phi) is 5.80. The van der Waals surface area contributed by atoms with Gasteiger partial charge in [0.2, 0.25) is 6.79 Å². The summed E-state index contributed by atoms with van der Waals surface area (Å²) in [6.45, 7) is 7.71. The van der Waals surface area contributed by atoms with Gasteiger partial charge in [0.15, 0.2) is 11.5 Å². The maximum atomic E-state index is 12.3. The smallest absolute Gasteiger partial charge is 0.317 e. The first-order valence-corrected chi connectivity index (χ1v) is 8.90.